The summed E-state index contributed by atoms with van der Waals surface area (Å²) in [5.74, 6) is 0.612. The van der Waals surface area contributed by atoms with E-state index < -0.39 is 0 Å². The molecule has 7 nitrogen and oxygen atoms in total. The number of carbonyl (C=O) groups is 1. The van der Waals surface area contributed by atoms with E-state index in [9.17, 15) is 4.79 Å². The van der Waals surface area contributed by atoms with Crippen molar-refractivity contribution in [3.63, 3.8) is 0 Å². The highest BCUT2D eigenvalue weighted by Crippen LogP contribution is 2.19. The van der Waals surface area contributed by atoms with Crippen LogP contribution in [0.2, 0.25) is 0 Å². The first-order valence-electron chi connectivity index (χ1n) is 7.55. The molecule has 3 rings (SSSR count). The number of rotatable bonds is 4. The number of amides is 1. The van der Waals surface area contributed by atoms with Gasteiger partial charge in [-0.15, -0.1) is 17.5 Å². The fraction of sp³-hybridized carbons (Fsp3) is 0.467. The number of benzene rings is 1. The minimum atomic E-state index is 0. The molecule has 1 atom stereocenters. The molecule has 1 amide bonds. The number of likely N-dealkylation sites (tertiary alicyclic amines) is 1. The predicted molar refractivity (Wildman–Crippen MR) is 89.0 cm³/mol. The molecule has 0 saturated carbocycles. The Kier molecular flexibility index (Phi) is 6.06. The number of piperidine rings is 1. The number of nitrogens with zero attached hydrogens (tertiary/aromatic N) is 5. The molecule has 23 heavy (non-hydrogen) atoms. The van der Waals surface area contributed by atoms with Crippen molar-refractivity contribution in [1.29, 1.82) is 0 Å². The van der Waals surface area contributed by atoms with Gasteiger partial charge in [0.05, 0.1) is 5.69 Å². The van der Waals surface area contributed by atoms with Crippen LogP contribution in [0.3, 0.4) is 0 Å². The minimum Gasteiger partial charge on any atom is -0.338 e. The second-order valence-electron chi connectivity index (χ2n) is 5.62. The van der Waals surface area contributed by atoms with Crippen LogP contribution < -0.4 is 5.32 Å². The van der Waals surface area contributed by atoms with Gasteiger partial charge in [-0.05, 0) is 61.0 Å². The first-order chi connectivity index (χ1) is 10.8. The Bertz CT molecular complexity index is 631. The summed E-state index contributed by atoms with van der Waals surface area (Å²) in [7, 11) is 1.95. The molecular weight excluding hydrogens is 316 g/mol. The molecule has 1 aliphatic rings. The number of nitrogens with one attached hydrogen (secondary N) is 1. The molecule has 1 fully saturated rings. The van der Waals surface area contributed by atoms with Crippen molar-refractivity contribution in [3.8, 4) is 5.69 Å². The smallest absolute Gasteiger partial charge is 0.253 e. The summed E-state index contributed by atoms with van der Waals surface area (Å²) >= 11 is 0. The summed E-state index contributed by atoms with van der Waals surface area (Å²) < 4.78 is 1.55. The van der Waals surface area contributed by atoms with E-state index in [1.807, 2.05) is 36.2 Å². The Hall–Kier alpha value is -1.99. The van der Waals surface area contributed by atoms with E-state index in [-0.39, 0.29) is 18.3 Å². The molecule has 1 N–H and O–H groups in total. The second kappa shape index (κ2) is 8.03. The average molecular weight is 337 g/mol. The Morgan fingerprint density at radius 1 is 1.43 bits per heavy atom. The largest absolute Gasteiger partial charge is 0.338 e. The molecule has 124 valence electrons. The zero-order valence-corrected chi connectivity index (χ0v) is 13.9. The number of hydrogen-bond donors (Lipinski definition) is 1. The maximum Gasteiger partial charge on any atom is 0.253 e. The van der Waals surface area contributed by atoms with Gasteiger partial charge < -0.3 is 10.2 Å². The van der Waals surface area contributed by atoms with Crippen molar-refractivity contribution in [3.05, 3.63) is 36.2 Å². The van der Waals surface area contributed by atoms with Gasteiger partial charge in [0.1, 0.15) is 6.33 Å². The third-order valence-corrected chi connectivity index (χ3v) is 4.01. The average Bonchev–Trinajstić information content (AvgIpc) is 3.09. The summed E-state index contributed by atoms with van der Waals surface area (Å²) in [6, 6.07) is 7.42. The maximum absolute atomic E-state index is 12.7. The predicted octanol–water partition coefficient (Wildman–Crippen LogP) is 1.16. The highest BCUT2D eigenvalue weighted by molar-refractivity contribution is 5.94. The van der Waals surface area contributed by atoms with Crippen LogP contribution in [0.25, 0.3) is 5.69 Å². The highest BCUT2D eigenvalue weighted by Gasteiger charge is 2.24. The Morgan fingerprint density at radius 2 is 2.30 bits per heavy atom. The van der Waals surface area contributed by atoms with Crippen LogP contribution in [0.15, 0.2) is 30.6 Å². The lowest BCUT2D eigenvalue weighted by Gasteiger charge is -2.32. The summed E-state index contributed by atoms with van der Waals surface area (Å²) in [6.45, 7) is 2.59. The van der Waals surface area contributed by atoms with E-state index in [2.05, 4.69) is 20.8 Å². The second-order valence-corrected chi connectivity index (χ2v) is 5.62. The molecular formula is C15H21ClN6O. The Labute approximate surface area is 141 Å². The number of hydrogen-bond acceptors (Lipinski definition) is 5. The van der Waals surface area contributed by atoms with Crippen LogP contribution in [-0.4, -0.2) is 57.7 Å². The Morgan fingerprint density at radius 3 is 3.04 bits per heavy atom. The van der Waals surface area contributed by atoms with Crippen molar-refractivity contribution in [2.24, 2.45) is 5.92 Å². The van der Waals surface area contributed by atoms with Crippen molar-refractivity contribution < 1.29 is 4.79 Å². The lowest BCUT2D eigenvalue weighted by atomic mass is 9.97. The maximum atomic E-state index is 12.7. The molecule has 0 radical (unpaired) electrons. The monoisotopic (exact) mass is 336 g/mol. The third kappa shape index (κ3) is 4.05. The van der Waals surface area contributed by atoms with Crippen molar-refractivity contribution in [2.45, 2.75) is 12.8 Å². The summed E-state index contributed by atoms with van der Waals surface area (Å²) in [5, 5.41) is 14.3. The van der Waals surface area contributed by atoms with Gasteiger partial charge >= 0.3 is 0 Å². The van der Waals surface area contributed by atoms with Crippen LogP contribution in [0.1, 0.15) is 23.2 Å². The molecule has 0 bridgehead atoms. The summed E-state index contributed by atoms with van der Waals surface area (Å²) in [4.78, 5) is 14.7. The number of carbonyl (C=O) groups excluding carboxylic acids is 1. The van der Waals surface area contributed by atoms with Crippen LogP contribution in [0.5, 0.6) is 0 Å². The molecule has 1 aromatic heterocycles. The minimum absolute atomic E-state index is 0. The van der Waals surface area contributed by atoms with E-state index in [0.717, 1.165) is 31.7 Å². The standard InChI is InChI=1S/C15H20N6O.ClH/c1-16-9-12-4-3-7-20(10-12)15(22)13-5-2-6-14(8-13)21-11-17-18-19-21;/h2,5-6,8,11-12,16H,3-4,7,9-10H2,1H3;1H. The van der Waals surface area contributed by atoms with Gasteiger partial charge in [-0.1, -0.05) is 6.07 Å². The SMILES string of the molecule is CNCC1CCCN(C(=O)c2cccc(-n3cnnn3)c2)C1.Cl. The van der Waals surface area contributed by atoms with Crippen LogP contribution in [0.4, 0.5) is 0 Å². The highest BCUT2D eigenvalue weighted by atomic mass is 35.5. The van der Waals surface area contributed by atoms with E-state index in [1.54, 1.807) is 4.68 Å². The zero-order valence-electron chi connectivity index (χ0n) is 13.1. The van der Waals surface area contributed by atoms with Gasteiger partial charge in [0.15, 0.2) is 0 Å². The van der Waals surface area contributed by atoms with Crippen molar-refractivity contribution >= 4 is 18.3 Å². The van der Waals surface area contributed by atoms with E-state index in [0.29, 0.717) is 11.5 Å². The fourth-order valence-electron chi connectivity index (χ4n) is 2.95. The molecule has 1 unspecified atom stereocenters. The summed E-state index contributed by atoms with van der Waals surface area (Å²) in [6.07, 6.45) is 3.76. The molecule has 1 saturated heterocycles. The molecule has 8 heteroatoms. The van der Waals surface area contributed by atoms with Crippen molar-refractivity contribution in [1.82, 2.24) is 30.4 Å². The van der Waals surface area contributed by atoms with Gasteiger partial charge in [-0.25, -0.2) is 4.68 Å². The quantitative estimate of drug-likeness (QED) is 0.906. The fourth-order valence-corrected chi connectivity index (χ4v) is 2.95. The normalized spacial score (nSPS) is 17.6. The number of halogens is 1. The zero-order chi connectivity index (χ0) is 15.4. The Balaban J connectivity index is 0.00000192. The van der Waals surface area contributed by atoms with Crippen LogP contribution in [0, 0.1) is 5.92 Å². The molecule has 2 heterocycles. The molecule has 2 aromatic rings. The van der Waals surface area contributed by atoms with Gasteiger partial charge in [0, 0.05) is 18.7 Å². The topological polar surface area (TPSA) is 75.9 Å². The van der Waals surface area contributed by atoms with E-state index in [4.69, 9.17) is 0 Å². The van der Waals surface area contributed by atoms with Gasteiger partial charge in [0.2, 0.25) is 0 Å². The van der Waals surface area contributed by atoms with Crippen molar-refractivity contribution in [2.75, 3.05) is 26.7 Å². The number of tetrazole rings is 1. The molecule has 0 aliphatic carbocycles. The molecule has 0 spiro atoms. The van der Waals surface area contributed by atoms with Gasteiger partial charge in [-0.3, -0.25) is 4.79 Å². The van der Waals surface area contributed by atoms with E-state index >= 15 is 0 Å². The first kappa shape index (κ1) is 17.4. The van der Waals surface area contributed by atoms with E-state index in [1.165, 1.54) is 12.7 Å². The number of aromatic nitrogens is 4. The van der Waals surface area contributed by atoms with Gasteiger partial charge in [-0.2, -0.15) is 0 Å². The van der Waals surface area contributed by atoms with Crippen LogP contribution in [-0.2, 0) is 0 Å². The summed E-state index contributed by atoms with van der Waals surface area (Å²) in [5.41, 5.74) is 1.47. The molecule has 1 aromatic carbocycles. The lowest BCUT2D eigenvalue weighted by Crippen LogP contribution is -2.42. The first-order valence-corrected chi connectivity index (χ1v) is 7.55. The lowest BCUT2D eigenvalue weighted by molar-refractivity contribution is 0.0674. The van der Waals surface area contributed by atoms with Gasteiger partial charge in [0.25, 0.3) is 5.91 Å². The van der Waals surface area contributed by atoms with Crippen LogP contribution >= 0.6 is 12.4 Å². The third-order valence-electron chi connectivity index (χ3n) is 4.01. The molecule has 1 aliphatic heterocycles.